The molecule has 5 saturated heterocycles. The van der Waals surface area contributed by atoms with Crippen LogP contribution in [0.3, 0.4) is 0 Å². The van der Waals surface area contributed by atoms with E-state index in [0.717, 1.165) is 49.2 Å². The number of ether oxygens (including phenoxy) is 1. The van der Waals surface area contributed by atoms with Crippen LogP contribution in [-0.2, 0) is 15.8 Å². The van der Waals surface area contributed by atoms with Crippen LogP contribution < -0.4 is 15.1 Å². The number of amides is 2. The Bertz CT molecular complexity index is 1930. The highest BCUT2D eigenvalue weighted by molar-refractivity contribution is 5.85. The number of carbonyl (C=O) groups excluding carboxylic acids is 1. The second kappa shape index (κ2) is 9.90. The molecule has 0 radical (unpaired) electrons. The third-order valence-electron chi connectivity index (χ3n) is 11.4. The molecule has 1 saturated carbocycles. The molecule has 1 spiro atoms. The van der Waals surface area contributed by atoms with E-state index >= 15 is 0 Å². The van der Waals surface area contributed by atoms with Gasteiger partial charge in [-0.2, -0.15) is 0 Å². The molecular formula is C35H38N8O4. The lowest BCUT2D eigenvalue weighted by atomic mass is 9.68. The Labute approximate surface area is 272 Å². The maximum Gasteiger partial charge on any atom is 0.354 e. The molecule has 10 rings (SSSR count). The van der Waals surface area contributed by atoms with Crippen LogP contribution in [0.4, 0.5) is 16.3 Å². The van der Waals surface area contributed by atoms with Gasteiger partial charge in [-0.15, -0.1) is 5.10 Å². The topological polar surface area (TPSA) is 128 Å². The molecule has 3 aromatic heterocycles. The monoisotopic (exact) mass is 634 g/mol. The Morgan fingerprint density at radius 3 is 2.66 bits per heavy atom. The van der Waals surface area contributed by atoms with Crippen molar-refractivity contribution in [2.45, 2.75) is 55.7 Å². The number of hydrogen-bond acceptors (Lipinski definition) is 8. The molecule has 6 aliphatic rings. The lowest BCUT2D eigenvalue weighted by Crippen LogP contribution is -2.60. The number of aryl methyl sites for hydroxylation is 1. The maximum absolute atomic E-state index is 13.6. The van der Waals surface area contributed by atoms with E-state index in [1.54, 1.807) is 6.07 Å². The predicted octanol–water partition coefficient (Wildman–Crippen LogP) is 3.59. The lowest BCUT2D eigenvalue weighted by molar-refractivity contribution is -0.0740. The van der Waals surface area contributed by atoms with Crippen LogP contribution in [0.15, 0.2) is 60.8 Å². The first kappa shape index (κ1) is 28.5. The highest BCUT2D eigenvalue weighted by atomic mass is 16.5. The number of carboxylic acid groups (broad SMARTS) is 1. The number of fused-ring (bicyclic) bond motifs is 2. The van der Waals surface area contributed by atoms with Crippen molar-refractivity contribution in [1.82, 2.24) is 29.8 Å². The number of carboxylic acids is 1. The minimum Gasteiger partial charge on any atom is -0.477 e. The summed E-state index contributed by atoms with van der Waals surface area (Å²) in [6.07, 6.45) is 4.70. The van der Waals surface area contributed by atoms with Gasteiger partial charge in [-0.3, -0.25) is 0 Å². The van der Waals surface area contributed by atoms with Gasteiger partial charge in [0.1, 0.15) is 5.82 Å². The number of nitrogens with zero attached hydrogens (tertiary/aromatic N) is 7. The summed E-state index contributed by atoms with van der Waals surface area (Å²) in [7, 11) is 0. The molecule has 242 valence electrons. The molecule has 4 aromatic rings. The smallest absolute Gasteiger partial charge is 0.354 e. The largest absolute Gasteiger partial charge is 0.477 e. The molecule has 12 nitrogen and oxygen atoms in total. The lowest BCUT2D eigenvalue weighted by Gasteiger charge is -2.47. The van der Waals surface area contributed by atoms with Crippen LogP contribution >= 0.6 is 0 Å². The van der Waals surface area contributed by atoms with E-state index in [1.165, 1.54) is 11.6 Å². The minimum atomic E-state index is -1.05. The Morgan fingerprint density at radius 1 is 1.02 bits per heavy atom. The molecule has 2 amide bonds. The van der Waals surface area contributed by atoms with Crippen molar-refractivity contribution < 1.29 is 19.4 Å². The molecule has 5 atom stereocenters. The molecule has 1 aliphatic carbocycles. The summed E-state index contributed by atoms with van der Waals surface area (Å²) in [4.78, 5) is 40.9. The van der Waals surface area contributed by atoms with Gasteiger partial charge in [-0.05, 0) is 55.5 Å². The van der Waals surface area contributed by atoms with Crippen molar-refractivity contribution in [2.75, 3.05) is 49.1 Å². The number of urea groups is 1. The number of pyridine rings is 2. The van der Waals surface area contributed by atoms with Crippen LogP contribution in [0.2, 0.25) is 0 Å². The van der Waals surface area contributed by atoms with E-state index in [9.17, 15) is 14.7 Å². The summed E-state index contributed by atoms with van der Waals surface area (Å²) in [6.45, 7) is 8.69. The van der Waals surface area contributed by atoms with Crippen molar-refractivity contribution in [3.8, 4) is 0 Å². The number of rotatable bonds is 6. The highest BCUT2D eigenvalue weighted by Gasteiger charge is 2.69. The van der Waals surface area contributed by atoms with Gasteiger partial charge in [0, 0.05) is 44.1 Å². The summed E-state index contributed by atoms with van der Waals surface area (Å²) in [5, 5.41) is 17.7. The second-order valence-electron chi connectivity index (χ2n) is 14.5. The molecule has 47 heavy (non-hydrogen) atoms. The van der Waals surface area contributed by atoms with Crippen molar-refractivity contribution in [3.63, 3.8) is 0 Å². The number of benzene rings is 1. The van der Waals surface area contributed by atoms with E-state index < -0.39 is 17.1 Å². The zero-order valence-electron chi connectivity index (χ0n) is 26.6. The first-order chi connectivity index (χ1) is 22.7. The van der Waals surface area contributed by atoms with Crippen molar-refractivity contribution in [2.24, 2.45) is 5.92 Å². The van der Waals surface area contributed by atoms with Crippen LogP contribution in [0.5, 0.6) is 0 Å². The van der Waals surface area contributed by atoms with Crippen molar-refractivity contribution in [1.29, 1.82) is 0 Å². The third kappa shape index (κ3) is 4.26. The molecule has 1 aromatic carbocycles. The van der Waals surface area contributed by atoms with E-state index in [2.05, 4.69) is 76.5 Å². The van der Waals surface area contributed by atoms with Crippen LogP contribution in [-0.4, -0.2) is 92.5 Å². The first-order valence-corrected chi connectivity index (χ1v) is 16.5. The summed E-state index contributed by atoms with van der Waals surface area (Å²) < 4.78 is 8.38. The van der Waals surface area contributed by atoms with Crippen molar-refractivity contribution >= 4 is 29.2 Å². The summed E-state index contributed by atoms with van der Waals surface area (Å²) >= 11 is 0. The zero-order valence-corrected chi connectivity index (χ0v) is 26.6. The van der Waals surface area contributed by atoms with Gasteiger partial charge in [0.05, 0.1) is 30.1 Å². The number of nitrogens with one attached hydrogen (secondary N) is 1. The Kier molecular flexibility index (Phi) is 6.00. The number of aromatic nitrogens is 4. The number of hydrogen-bond donors (Lipinski definition) is 2. The molecule has 5 aliphatic heterocycles. The molecule has 2 N–H and O–H groups in total. The van der Waals surface area contributed by atoms with Gasteiger partial charge < -0.3 is 29.9 Å². The Hall–Kier alpha value is -4.71. The molecule has 4 unspecified atom stereocenters. The number of aromatic carboxylic acids is 1. The number of anilines is 2. The minimum absolute atomic E-state index is 0.0130. The fourth-order valence-electron chi connectivity index (χ4n) is 8.91. The van der Waals surface area contributed by atoms with Gasteiger partial charge in [-0.1, -0.05) is 43.3 Å². The van der Waals surface area contributed by atoms with Gasteiger partial charge >= 0.3 is 12.0 Å². The molecule has 6 fully saturated rings. The summed E-state index contributed by atoms with van der Waals surface area (Å²) in [5.41, 5.74) is 3.29. The molecule has 12 heteroatoms. The van der Waals surface area contributed by atoms with Crippen LogP contribution in [0.25, 0.3) is 5.65 Å². The van der Waals surface area contributed by atoms with Gasteiger partial charge in [0.25, 0.3) is 0 Å². The average molecular weight is 635 g/mol. The second-order valence-corrected chi connectivity index (χ2v) is 14.5. The quantitative estimate of drug-likeness (QED) is 0.327. The first-order valence-electron chi connectivity index (χ1n) is 16.5. The summed E-state index contributed by atoms with van der Waals surface area (Å²) in [5.74, 6) is 0.426. The van der Waals surface area contributed by atoms with E-state index in [-0.39, 0.29) is 29.1 Å². The normalized spacial score (nSPS) is 31.3. The third-order valence-corrected chi connectivity index (χ3v) is 11.4. The molecule has 8 heterocycles. The van der Waals surface area contributed by atoms with Crippen LogP contribution in [0, 0.1) is 12.8 Å². The van der Waals surface area contributed by atoms with Gasteiger partial charge in [0.15, 0.2) is 22.8 Å². The summed E-state index contributed by atoms with van der Waals surface area (Å²) in [6, 6.07) is 17.8. The SMILES string of the molecule is Cc1cc(N2CC[C@](C)(c3ccccc3)C2)cn2nc(C34CC(CO3)C4N3CC4(CCN(c5cccc(C(=O)O)n5)C4)NC3=O)nc12. The molecular weight excluding hydrogens is 596 g/mol. The van der Waals surface area contributed by atoms with Crippen LogP contribution in [0.1, 0.15) is 53.6 Å². The fraction of sp³-hybridized carbons (Fsp3) is 0.457. The van der Waals surface area contributed by atoms with Gasteiger partial charge in [-0.25, -0.2) is 24.1 Å². The van der Waals surface area contributed by atoms with Gasteiger partial charge in [0.2, 0.25) is 0 Å². The maximum atomic E-state index is 13.6. The van der Waals surface area contributed by atoms with E-state index in [0.29, 0.717) is 37.9 Å². The van der Waals surface area contributed by atoms with Crippen molar-refractivity contribution in [3.05, 3.63) is 83.4 Å². The Balaban J connectivity index is 0.960. The van der Waals surface area contributed by atoms with E-state index in [4.69, 9.17) is 14.8 Å². The fourth-order valence-corrected chi connectivity index (χ4v) is 8.91. The standard InChI is InChI=1S/C35H38N8O4/c1-22-15-25(40-13-11-33(2,19-40)24-7-4-3-5-8-24)17-43-29(22)37-31(39-43)35-16-23(18-47-35)28(35)42-21-34(38-32(42)46)12-14-41(20-34)27-10-6-9-26(36-27)30(44)45/h3-10,15,17,23,28H,11-14,16,18-21H2,1-2H3,(H,38,46)(H,44,45)/t23?,28?,33-,34?,35?/m0/s1. The zero-order chi connectivity index (χ0) is 32.1. The highest BCUT2D eigenvalue weighted by Crippen LogP contribution is 2.57. The predicted molar refractivity (Wildman–Crippen MR) is 174 cm³/mol. The number of carbonyl (C=O) groups is 2. The Morgan fingerprint density at radius 2 is 1.85 bits per heavy atom. The molecule has 2 bridgehead atoms. The average Bonchev–Trinajstić information content (AvgIpc) is 3.91. The van der Waals surface area contributed by atoms with E-state index in [1.807, 2.05) is 15.5 Å².